The summed E-state index contributed by atoms with van der Waals surface area (Å²) in [7, 11) is 0. The molecule has 0 radical (unpaired) electrons. The summed E-state index contributed by atoms with van der Waals surface area (Å²) < 4.78 is 5.05. The van der Waals surface area contributed by atoms with Crippen molar-refractivity contribution in [3.8, 4) is 0 Å². The number of benzene rings is 2. The number of fused-ring (bicyclic) bond motifs is 1. The quantitative estimate of drug-likeness (QED) is 0.685. The van der Waals surface area contributed by atoms with E-state index in [1.807, 2.05) is 19.1 Å². The van der Waals surface area contributed by atoms with E-state index in [1.165, 1.54) is 6.07 Å². The number of hydrogen-bond acceptors (Lipinski definition) is 3. The van der Waals surface area contributed by atoms with Gasteiger partial charge < -0.3 is 15.1 Å². The topological polar surface area (TPSA) is 71.3 Å². The van der Waals surface area contributed by atoms with Crippen LogP contribution in [0.1, 0.15) is 5.56 Å². The van der Waals surface area contributed by atoms with Gasteiger partial charge in [-0.2, -0.15) is 0 Å². The minimum absolute atomic E-state index is 0.405. The smallest absolute Gasteiger partial charge is 0.336 e. The van der Waals surface area contributed by atoms with E-state index in [9.17, 15) is 9.59 Å². The first-order chi connectivity index (χ1) is 11.0. The van der Waals surface area contributed by atoms with E-state index < -0.39 is 11.7 Å². The normalized spacial score (nSPS) is 10.5. The van der Waals surface area contributed by atoms with Gasteiger partial charge >= 0.3 is 11.7 Å². The molecule has 23 heavy (non-hydrogen) atoms. The second kappa shape index (κ2) is 6.14. The molecule has 2 aromatic carbocycles. The van der Waals surface area contributed by atoms with Gasteiger partial charge in [-0.05, 0) is 42.8 Å². The van der Waals surface area contributed by atoms with E-state index in [1.54, 1.807) is 30.3 Å². The second-order valence-corrected chi connectivity index (χ2v) is 5.43. The molecular weight excluding hydrogens is 316 g/mol. The van der Waals surface area contributed by atoms with Crippen molar-refractivity contribution in [3.63, 3.8) is 0 Å². The maximum absolute atomic E-state index is 12.1. The lowest BCUT2D eigenvalue weighted by molar-refractivity contribution is 0.262. The Bertz CT molecular complexity index is 930. The van der Waals surface area contributed by atoms with Crippen molar-refractivity contribution in [2.75, 3.05) is 10.6 Å². The molecule has 2 amide bonds. The summed E-state index contributed by atoms with van der Waals surface area (Å²) in [6.07, 6.45) is 0. The molecule has 116 valence electrons. The number of amides is 2. The van der Waals surface area contributed by atoms with Crippen LogP contribution >= 0.6 is 11.6 Å². The highest BCUT2D eigenvalue weighted by Gasteiger charge is 2.09. The number of aryl methyl sites for hydroxylation is 1. The van der Waals surface area contributed by atoms with Gasteiger partial charge in [-0.1, -0.05) is 23.7 Å². The standard InChI is InChI=1S/C17H13ClN2O3/c1-10-3-2-4-13(18)16(10)20-17(22)19-12-6-7-14-11(9-12)5-8-15(21)23-14/h2-9H,1H3,(H2,19,20,22). The van der Waals surface area contributed by atoms with E-state index >= 15 is 0 Å². The molecule has 0 aliphatic heterocycles. The van der Waals surface area contributed by atoms with E-state index in [-0.39, 0.29) is 0 Å². The molecule has 6 heteroatoms. The number of urea groups is 1. The SMILES string of the molecule is Cc1cccc(Cl)c1NC(=O)Nc1ccc2oc(=O)ccc2c1. The molecule has 3 aromatic rings. The van der Waals surface area contributed by atoms with Crippen molar-refractivity contribution in [2.45, 2.75) is 6.92 Å². The molecule has 3 rings (SSSR count). The predicted octanol–water partition coefficient (Wildman–Crippen LogP) is 4.40. The summed E-state index contributed by atoms with van der Waals surface area (Å²) >= 11 is 6.09. The summed E-state index contributed by atoms with van der Waals surface area (Å²) in [4.78, 5) is 23.3. The fourth-order valence-electron chi connectivity index (χ4n) is 2.22. The fraction of sp³-hybridized carbons (Fsp3) is 0.0588. The molecule has 0 fully saturated rings. The van der Waals surface area contributed by atoms with Crippen molar-refractivity contribution in [1.82, 2.24) is 0 Å². The van der Waals surface area contributed by atoms with Crippen molar-refractivity contribution < 1.29 is 9.21 Å². The molecule has 0 bridgehead atoms. The first-order valence-corrected chi connectivity index (χ1v) is 7.28. The van der Waals surface area contributed by atoms with Crippen LogP contribution in [0.5, 0.6) is 0 Å². The number of hydrogen-bond donors (Lipinski definition) is 2. The molecule has 0 aliphatic carbocycles. The van der Waals surface area contributed by atoms with Crippen LogP contribution in [-0.2, 0) is 0 Å². The zero-order chi connectivity index (χ0) is 16.4. The lowest BCUT2D eigenvalue weighted by atomic mass is 10.2. The van der Waals surface area contributed by atoms with Crippen LogP contribution in [0.25, 0.3) is 11.0 Å². The van der Waals surface area contributed by atoms with Crippen LogP contribution in [0.15, 0.2) is 57.7 Å². The first-order valence-electron chi connectivity index (χ1n) is 6.90. The lowest BCUT2D eigenvalue weighted by Gasteiger charge is -2.11. The molecule has 0 unspecified atom stereocenters. The molecule has 1 aromatic heterocycles. The van der Waals surface area contributed by atoms with E-state index in [2.05, 4.69) is 10.6 Å². The Kier molecular flexibility index (Phi) is 4.04. The van der Waals surface area contributed by atoms with Gasteiger partial charge in [0.05, 0.1) is 10.7 Å². The molecule has 0 spiro atoms. The predicted molar refractivity (Wildman–Crippen MR) is 91.3 cm³/mol. The number of carbonyl (C=O) groups is 1. The number of para-hydroxylation sites is 1. The van der Waals surface area contributed by atoms with Crippen LogP contribution in [0.2, 0.25) is 5.02 Å². The fourth-order valence-corrected chi connectivity index (χ4v) is 2.48. The van der Waals surface area contributed by atoms with Gasteiger partial charge in [-0.25, -0.2) is 9.59 Å². The number of rotatable bonds is 2. The van der Waals surface area contributed by atoms with Gasteiger partial charge in [-0.15, -0.1) is 0 Å². The Morgan fingerprint density at radius 3 is 2.70 bits per heavy atom. The Balaban J connectivity index is 1.80. The summed E-state index contributed by atoms with van der Waals surface area (Å²) in [5.41, 5.74) is 2.07. The Morgan fingerprint density at radius 1 is 1.09 bits per heavy atom. The maximum atomic E-state index is 12.1. The van der Waals surface area contributed by atoms with E-state index in [0.29, 0.717) is 22.0 Å². The average Bonchev–Trinajstić information content (AvgIpc) is 2.51. The van der Waals surface area contributed by atoms with Crippen molar-refractivity contribution in [2.24, 2.45) is 0 Å². The van der Waals surface area contributed by atoms with Crippen molar-refractivity contribution in [1.29, 1.82) is 0 Å². The van der Waals surface area contributed by atoms with Crippen LogP contribution in [0, 0.1) is 6.92 Å². The van der Waals surface area contributed by atoms with Gasteiger partial charge in [0.25, 0.3) is 0 Å². The van der Waals surface area contributed by atoms with Gasteiger partial charge in [-0.3, -0.25) is 0 Å². The Labute approximate surface area is 136 Å². The van der Waals surface area contributed by atoms with Crippen molar-refractivity contribution in [3.05, 3.63) is 69.5 Å². The number of anilines is 2. The summed E-state index contributed by atoms with van der Waals surface area (Å²) in [6.45, 7) is 1.86. The highest BCUT2D eigenvalue weighted by atomic mass is 35.5. The average molecular weight is 329 g/mol. The third-order valence-electron chi connectivity index (χ3n) is 3.34. The Morgan fingerprint density at radius 2 is 1.91 bits per heavy atom. The minimum Gasteiger partial charge on any atom is -0.423 e. The zero-order valence-electron chi connectivity index (χ0n) is 12.2. The van der Waals surface area contributed by atoms with E-state index in [4.69, 9.17) is 16.0 Å². The second-order valence-electron chi connectivity index (χ2n) is 5.02. The zero-order valence-corrected chi connectivity index (χ0v) is 13.0. The maximum Gasteiger partial charge on any atom is 0.336 e. The van der Waals surface area contributed by atoms with Crippen molar-refractivity contribution >= 4 is 40.0 Å². The van der Waals surface area contributed by atoms with Gasteiger partial charge in [0.2, 0.25) is 0 Å². The number of nitrogens with one attached hydrogen (secondary N) is 2. The highest BCUT2D eigenvalue weighted by Crippen LogP contribution is 2.25. The summed E-state index contributed by atoms with van der Waals surface area (Å²) in [5, 5.41) is 6.64. The van der Waals surface area contributed by atoms with Crippen LogP contribution in [0.3, 0.4) is 0 Å². The van der Waals surface area contributed by atoms with Gasteiger partial charge in [0, 0.05) is 17.1 Å². The highest BCUT2D eigenvalue weighted by molar-refractivity contribution is 6.34. The summed E-state index contributed by atoms with van der Waals surface area (Å²) in [5.74, 6) is 0. The van der Waals surface area contributed by atoms with Crippen LogP contribution < -0.4 is 16.3 Å². The van der Waals surface area contributed by atoms with Crippen LogP contribution in [0.4, 0.5) is 16.2 Å². The molecule has 2 N–H and O–H groups in total. The third kappa shape index (κ3) is 3.35. The minimum atomic E-state index is -0.412. The summed E-state index contributed by atoms with van der Waals surface area (Å²) in [6, 6.07) is 13.0. The largest absolute Gasteiger partial charge is 0.423 e. The molecule has 0 aliphatic rings. The molecule has 0 saturated heterocycles. The first kappa shape index (κ1) is 15.1. The number of carbonyl (C=O) groups excluding carboxylic acids is 1. The lowest BCUT2D eigenvalue weighted by Crippen LogP contribution is -2.20. The molecule has 1 heterocycles. The monoisotopic (exact) mass is 328 g/mol. The number of halogens is 1. The third-order valence-corrected chi connectivity index (χ3v) is 3.65. The molecule has 0 atom stereocenters. The van der Waals surface area contributed by atoms with Crippen LogP contribution in [-0.4, -0.2) is 6.03 Å². The van der Waals surface area contributed by atoms with Gasteiger partial charge in [0.15, 0.2) is 0 Å². The molecular formula is C17H13ClN2O3. The Hall–Kier alpha value is -2.79. The van der Waals surface area contributed by atoms with Gasteiger partial charge in [0.1, 0.15) is 5.58 Å². The van der Waals surface area contributed by atoms with E-state index in [0.717, 1.165) is 10.9 Å². The molecule has 5 nitrogen and oxygen atoms in total. The molecule has 0 saturated carbocycles.